The van der Waals surface area contributed by atoms with Crippen molar-refractivity contribution in [2.24, 2.45) is 11.8 Å². The lowest BCUT2D eigenvalue weighted by atomic mass is 9.78. The number of imide groups is 2. The van der Waals surface area contributed by atoms with Crippen molar-refractivity contribution in [1.82, 2.24) is 39.3 Å². The Morgan fingerprint density at radius 2 is 1.55 bits per heavy atom. The average molecular weight is 1030 g/mol. The molecule has 5 aromatic rings. The molecule has 0 spiro atoms. The van der Waals surface area contributed by atoms with Gasteiger partial charge in [0.2, 0.25) is 33.7 Å². The number of piperidine rings is 3. The number of rotatable bonds is 14. The number of hydrogen-bond acceptors (Lipinski definition) is 14. The summed E-state index contributed by atoms with van der Waals surface area (Å²) < 4.78 is 30.2. The highest BCUT2D eigenvalue weighted by atomic mass is 32.2. The molecule has 7 heterocycles. The van der Waals surface area contributed by atoms with Crippen molar-refractivity contribution in [2.45, 2.75) is 62.8 Å². The number of pyridine rings is 1. The monoisotopic (exact) mass is 1030 g/mol. The number of fused-ring (bicyclic) bond motifs is 1. The summed E-state index contributed by atoms with van der Waals surface area (Å²) >= 11 is 1.23. The maximum Gasteiger partial charge on any atom is 0.266 e. The quantitative estimate of drug-likeness (QED) is 0.134. The van der Waals surface area contributed by atoms with Crippen molar-refractivity contribution in [3.8, 4) is 28.1 Å². The highest BCUT2D eigenvalue weighted by Gasteiger charge is 2.55. The van der Waals surface area contributed by atoms with Gasteiger partial charge in [0, 0.05) is 62.1 Å². The van der Waals surface area contributed by atoms with Crippen molar-refractivity contribution < 1.29 is 51.5 Å². The largest absolute Gasteiger partial charge is 0.483 e. The SMILES string of the molecule is CS(=O)(=O)n1ccc(C(=O)NCC(=O)Nc2nc(-c3cccc(-c4ccnc(C5(C(=O)N6CCC(C7CCN(C(=O)COc8cccc9c8C(=O)N(C8CCC(=O)NC8=O)C9=O)CC7)CC6)CC5)c4)c3)cs2)c1. The topological polar surface area (TPSA) is 256 Å². The number of aromatic nitrogens is 3. The summed E-state index contributed by atoms with van der Waals surface area (Å²) in [4.78, 5) is 118. The van der Waals surface area contributed by atoms with Gasteiger partial charge in [-0.1, -0.05) is 24.3 Å². The molecule has 1 aliphatic carbocycles. The summed E-state index contributed by atoms with van der Waals surface area (Å²) in [6, 6.07) is 16.5. The number of benzene rings is 2. The lowest BCUT2D eigenvalue weighted by Crippen LogP contribution is -2.54. The van der Waals surface area contributed by atoms with Crippen LogP contribution >= 0.6 is 11.3 Å². The van der Waals surface area contributed by atoms with Gasteiger partial charge in [-0.05, 0) is 104 Å². The Balaban J connectivity index is 0.689. The van der Waals surface area contributed by atoms with Crippen molar-refractivity contribution in [3.05, 3.63) is 107 Å². The number of carbonyl (C=O) groups is 8. The Bertz CT molecular complexity index is 3200. The second kappa shape index (κ2) is 19.8. The zero-order valence-electron chi connectivity index (χ0n) is 39.7. The molecule has 22 heteroatoms. The molecular formula is C51H51N9O11S2. The van der Waals surface area contributed by atoms with E-state index in [9.17, 15) is 46.8 Å². The normalized spacial score (nSPS) is 19.1. The van der Waals surface area contributed by atoms with Crippen LogP contribution in [0.5, 0.6) is 5.75 Å². The molecule has 73 heavy (non-hydrogen) atoms. The van der Waals surface area contributed by atoms with E-state index >= 15 is 0 Å². The maximum absolute atomic E-state index is 14.3. The summed E-state index contributed by atoms with van der Waals surface area (Å²) in [5.74, 6) is -2.85. The van der Waals surface area contributed by atoms with Crippen molar-refractivity contribution in [1.29, 1.82) is 0 Å². The minimum Gasteiger partial charge on any atom is -0.483 e. The first-order chi connectivity index (χ1) is 35.1. The molecular weight excluding hydrogens is 979 g/mol. The van der Waals surface area contributed by atoms with E-state index in [0.717, 1.165) is 63.2 Å². The molecule has 10 rings (SSSR count). The molecule has 20 nitrogen and oxygen atoms in total. The van der Waals surface area contributed by atoms with Gasteiger partial charge in [-0.15, -0.1) is 11.3 Å². The number of ether oxygens (including phenoxy) is 1. The lowest BCUT2D eigenvalue weighted by Gasteiger charge is -2.41. The van der Waals surface area contributed by atoms with Gasteiger partial charge in [-0.2, -0.15) is 0 Å². The molecule has 3 aromatic heterocycles. The fraction of sp³-hybridized carbons (Fsp3) is 0.373. The number of nitrogens with one attached hydrogen (secondary N) is 3. The molecule has 1 atom stereocenters. The van der Waals surface area contributed by atoms with Crippen LogP contribution in [-0.4, -0.2) is 136 Å². The first kappa shape index (κ1) is 49.0. The van der Waals surface area contributed by atoms with Crippen LogP contribution in [0.2, 0.25) is 0 Å². The summed E-state index contributed by atoms with van der Waals surface area (Å²) in [6.45, 7) is 1.73. The van der Waals surface area contributed by atoms with Gasteiger partial charge < -0.3 is 25.2 Å². The van der Waals surface area contributed by atoms with E-state index in [1.807, 2.05) is 46.7 Å². The van der Waals surface area contributed by atoms with Crippen LogP contribution in [0, 0.1) is 11.8 Å². The third-order valence-electron chi connectivity index (χ3n) is 14.5. The number of thiazole rings is 1. The van der Waals surface area contributed by atoms with E-state index in [-0.39, 0.29) is 60.2 Å². The minimum absolute atomic E-state index is 0.00224. The molecule has 2 aromatic carbocycles. The Kier molecular flexibility index (Phi) is 13.3. The molecule has 378 valence electrons. The number of hydrogen-bond donors (Lipinski definition) is 3. The van der Waals surface area contributed by atoms with Gasteiger partial charge >= 0.3 is 0 Å². The first-order valence-corrected chi connectivity index (χ1v) is 26.8. The van der Waals surface area contributed by atoms with Crippen LogP contribution < -0.4 is 20.7 Å². The summed E-state index contributed by atoms with van der Waals surface area (Å²) in [5, 5.41) is 9.52. The molecule has 4 aliphatic heterocycles. The van der Waals surface area contributed by atoms with Crippen molar-refractivity contribution in [3.63, 3.8) is 0 Å². The Morgan fingerprint density at radius 3 is 2.25 bits per heavy atom. The Morgan fingerprint density at radius 1 is 0.849 bits per heavy atom. The second-order valence-corrected chi connectivity index (χ2v) is 21.9. The minimum atomic E-state index is -3.55. The van der Waals surface area contributed by atoms with E-state index in [4.69, 9.17) is 9.72 Å². The molecule has 0 bridgehead atoms. The van der Waals surface area contributed by atoms with Crippen LogP contribution in [0.25, 0.3) is 22.4 Å². The molecule has 3 saturated heterocycles. The number of carbonyl (C=O) groups excluding carboxylic acids is 8. The van der Waals surface area contributed by atoms with Crippen LogP contribution in [0.15, 0.2) is 84.6 Å². The standard InChI is InChI=1S/C51H51N9O11S2/c1-73(69,70)59-23-15-35(27-59)45(64)53-26-42(62)56-50-54-37(29-72-50)34-5-2-4-32(24-34)33-10-18-52-40(25-33)51(16-17-51)49(68)58-21-13-31(14-22-58)30-11-19-57(20-12-30)43(63)28-71-39-7-3-6-36-44(39)48(67)60(47(36)66)38-8-9-41(61)55-46(38)65/h2-7,10,15,18,23-25,27,29-31,38H,8-9,11-14,16-17,19-22,26,28H2,1H3,(H,53,64)(H,54,56,62)(H,55,61,65). The number of nitrogens with zero attached hydrogens (tertiary/aromatic N) is 6. The van der Waals surface area contributed by atoms with Crippen LogP contribution in [0.1, 0.15) is 88.1 Å². The number of amides is 8. The molecule has 8 amide bonds. The Hall–Kier alpha value is -7.59. The Labute approximate surface area is 423 Å². The van der Waals surface area contributed by atoms with E-state index < -0.39 is 56.9 Å². The second-order valence-electron chi connectivity index (χ2n) is 19.1. The van der Waals surface area contributed by atoms with Crippen molar-refractivity contribution >= 4 is 73.7 Å². The smallest absolute Gasteiger partial charge is 0.266 e. The highest BCUT2D eigenvalue weighted by Crippen LogP contribution is 2.50. The number of anilines is 1. The van der Waals surface area contributed by atoms with Gasteiger partial charge in [0.15, 0.2) is 11.7 Å². The van der Waals surface area contributed by atoms with E-state index in [1.165, 1.54) is 41.9 Å². The third kappa shape index (κ3) is 10.00. The van der Waals surface area contributed by atoms with E-state index in [1.54, 1.807) is 17.2 Å². The summed E-state index contributed by atoms with van der Waals surface area (Å²) in [5.41, 5.74) is 3.51. The van der Waals surface area contributed by atoms with E-state index in [2.05, 4.69) is 20.9 Å². The van der Waals surface area contributed by atoms with Crippen LogP contribution in [-0.2, 0) is 39.4 Å². The molecule has 1 unspecified atom stereocenters. The van der Waals surface area contributed by atoms with E-state index in [0.29, 0.717) is 61.7 Å². The highest BCUT2D eigenvalue weighted by molar-refractivity contribution is 7.89. The fourth-order valence-corrected chi connectivity index (χ4v) is 11.7. The predicted molar refractivity (Wildman–Crippen MR) is 265 cm³/mol. The first-order valence-electron chi connectivity index (χ1n) is 24.1. The lowest BCUT2D eigenvalue weighted by molar-refractivity contribution is -0.137. The van der Waals surface area contributed by atoms with Gasteiger partial charge in [-0.25, -0.2) is 13.4 Å². The zero-order valence-corrected chi connectivity index (χ0v) is 41.3. The van der Waals surface area contributed by atoms with Crippen molar-refractivity contribution in [2.75, 3.05) is 50.9 Å². The van der Waals surface area contributed by atoms with Gasteiger partial charge in [-0.3, -0.25) is 57.5 Å². The predicted octanol–water partition coefficient (Wildman–Crippen LogP) is 3.84. The molecule has 4 fully saturated rings. The summed E-state index contributed by atoms with van der Waals surface area (Å²) in [6.07, 6.45) is 10.0. The third-order valence-corrected chi connectivity index (χ3v) is 16.3. The molecule has 1 saturated carbocycles. The van der Waals surface area contributed by atoms with Gasteiger partial charge in [0.05, 0.1) is 46.3 Å². The average Bonchev–Trinajstić information content (AvgIpc) is 3.66. The van der Waals surface area contributed by atoms with Gasteiger partial charge in [0.25, 0.3) is 23.6 Å². The zero-order chi connectivity index (χ0) is 51.2. The van der Waals surface area contributed by atoms with Gasteiger partial charge in [0.1, 0.15) is 11.8 Å². The molecule has 5 aliphatic rings. The fourth-order valence-electron chi connectivity index (χ4n) is 10.4. The maximum atomic E-state index is 14.3. The van der Waals surface area contributed by atoms with Crippen LogP contribution in [0.4, 0.5) is 5.13 Å². The molecule has 0 radical (unpaired) electrons. The van der Waals surface area contributed by atoms with Crippen LogP contribution in [0.3, 0.4) is 0 Å². The molecule has 3 N–H and O–H groups in total. The summed E-state index contributed by atoms with van der Waals surface area (Å²) in [7, 11) is -3.55. The number of likely N-dealkylation sites (tertiary alicyclic amines) is 2.